The summed E-state index contributed by atoms with van der Waals surface area (Å²) in [7, 11) is 0. The van der Waals surface area contributed by atoms with Crippen molar-refractivity contribution in [3.05, 3.63) is 17.0 Å². The standard InChI is InChI=1S/C13H21N3O/c1-4-16-10(3)13(9(2)15-16)12(17)8-11-6-5-7-14-11/h11,14H,4-8H2,1-3H3. The molecule has 1 aromatic heterocycles. The van der Waals surface area contributed by atoms with Crippen LogP contribution in [0, 0.1) is 13.8 Å². The molecule has 0 spiro atoms. The van der Waals surface area contributed by atoms with Gasteiger partial charge in [-0.25, -0.2) is 0 Å². The molecule has 1 atom stereocenters. The summed E-state index contributed by atoms with van der Waals surface area (Å²) in [5.41, 5.74) is 2.71. The molecule has 17 heavy (non-hydrogen) atoms. The van der Waals surface area contributed by atoms with Crippen LogP contribution in [-0.2, 0) is 6.54 Å². The minimum Gasteiger partial charge on any atom is -0.314 e. The maximum absolute atomic E-state index is 12.3. The molecule has 2 rings (SSSR count). The van der Waals surface area contributed by atoms with Crippen molar-refractivity contribution in [3.8, 4) is 0 Å². The van der Waals surface area contributed by atoms with E-state index >= 15 is 0 Å². The normalized spacial score (nSPS) is 19.8. The maximum atomic E-state index is 12.3. The summed E-state index contributed by atoms with van der Waals surface area (Å²) in [4.78, 5) is 12.3. The molecular weight excluding hydrogens is 214 g/mol. The lowest BCUT2D eigenvalue weighted by Gasteiger charge is -2.09. The number of aromatic nitrogens is 2. The van der Waals surface area contributed by atoms with E-state index in [-0.39, 0.29) is 5.78 Å². The molecule has 0 amide bonds. The summed E-state index contributed by atoms with van der Waals surface area (Å²) >= 11 is 0. The molecule has 1 saturated heterocycles. The molecule has 0 radical (unpaired) electrons. The first-order valence-corrected chi connectivity index (χ1v) is 6.44. The highest BCUT2D eigenvalue weighted by Gasteiger charge is 2.23. The molecule has 1 aliphatic heterocycles. The van der Waals surface area contributed by atoms with Crippen LogP contribution in [0.25, 0.3) is 0 Å². The Bertz CT molecular complexity index is 417. The lowest BCUT2D eigenvalue weighted by molar-refractivity contribution is 0.0970. The molecule has 1 N–H and O–H groups in total. The van der Waals surface area contributed by atoms with Gasteiger partial charge in [-0.2, -0.15) is 5.10 Å². The van der Waals surface area contributed by atoms with Gasteiger partial charge in [-0.1, -0.05) is 0 Å². The van der Waals surface area contributed by atoms with E-state index in [1.165, 1.54) is 6.42 Å². The number of ketones is 1. The van der Waals surface area contributed by atoms with Crippen LogP contribution in [0.4, 0.5) is 0 Å². The highest BCUT2D eigenvalue weighted by molar-refractivity contribution is 5.98. The van der Waals surface area contributed by atoms with Crippen LogP contribution in [0.2, 0.25) is 0 Å². The molecule has 0 aliphatic carbocycles. The zero-order chi connectivity index (χ0) is 12.4. The predicted molar refractivity (Wildman–Crippen MR) is 67.3 cm³/mol. The number of carbonyl (C=O) groups is 1. The molecule has 4 heteroatoms. The van der Waals surface area contributed by atoms with Crippen molar-refractivity contribution >= 4 is 5.78 Å². The Labute approximate surface area is 102 Å². The fourth-order valence-electron chi connectivity index (χ4n) is 2.67. The third-order valence-corrected chi connectivity index (χ3v) is 3.55. The second-order valence-electron chi connectivity index (χ2n) is 4.78. The second kappa shape index (κ2) is 5.00. The van der Waals surface area contributed by atoms with Gasteiger partial charge >= 0.3 is 0 Å². The largest absolute Gasteiger partial charge is 0.314 e. The van der Waals surface area contributed by atoms with Crippen molar-refractivity contribution in [1.82, 2.24) is 15.1 Å². The van der Waals surface area contributed by atoms with Crippen LogP contribution in [0.15, 0.2) is 0 Å². The van der Waals surface area contributed by atoms with Gasteiger partial charge in [-0.05, 0) is 40.2 Å². The zero-order valence-electron chi connectivity index (χ0n) is 10.9. The van der Waals surface area contributed by atoms with Crippen LogP contribution in [0.5, 0.6) is 0 Å². The average Bonchev–Trinajstić information content (AvgIpc) is 2.87. The van der Waals surface area contributed by atoms with Gasteiger partial charge in [0.25, 0.3) is 0 Å². The Morgan fingerprint density at radius 1 is 1.53 bits per heavy atom. The molecule has 0 aromatic carbocycles. The zero-order valence-corrected chi connectivity index (χ0v) is 10.9. The average molecular weight is 235 g/mol. The number of Topliss-reactive ketones (excluding diaryl/α,β-unsaturated/α-hetero) is 1. The van der Waals surface area contributed by atoms with Gasteiger partial charge in [0.15, 0.2) is 5.78 Å². The van der Waals surface area contributed by atoms with Gasteiger partial charge in [0.2, 0.25) is 0 Å². The monoisotopic (exact) mass is 235 g/mol. The van der Waals surface area contributed by atoms with E-state index < -0.39 is 0 Å². The molecule has 1 aliphatic rings. The fraction of sp³-hybridized carbons (Fsp3) is 0.692. The van der Waals surface area contributed by atoms with E-state index in [2.05, 4.69) is 10.4 Å². The van der Waals surface area contributed by atoms with Crippen LogP contribution in [-0.4, -0.2) is 28.2 Å². The van der Waals surface area contributed by atoms with Crippen LogP contribution in [0.1, 0.15) is 47.9 Å². The Morgan fingerprint density at radius 2 is 2.29 bits per heavy atom. The quantitative estimate of drug-likeness (QED) is 0.810. The highest BCUT2D eigenvalue weighted by atomic mass is 16.1. The van der Waals surface area contributed by atoms with E-state index in [0.717, 1.165) is 36.5 Å². The topological polar surface area (TPSA) is 46.9 Å². The summed E-state index contributed by atoms with van der Waals surface area (Å²) in [6.07, 6.45) is 2.91. The lowest BCUT2D eigenvalue weighted by Crippen LogP contribution is -2.25. The molecule has 1 aromatic rings. The van der Waals surface area contributed by atoms with Crippen LogP contribution < -0.4 is 5.32 Å². The lowest BCUT2D eigenvalue weighted by atomic mass is 10.0. The second-order valence-corrected chi connectivity index (χ2v) is 4.78. The van der Waals surface area contributed by atoms with Crippen molar-refractivity contribution < 1.29 is 4.79 Å². The van der Waals surface area contributed by atoms with E-state index in [1.54, 1.807) is 0 Å². The summed E-state index contributed by atoms with van der Waals surface area (Å²) in [6.45, 7) is 7.82. The number of carbonyl (C=O) groups excluding carboxylic acids is 1. The van der Waals surface area contributed by atoms with Crippen molar-refractivity contribution in [1.29, 1.82) is 0 Å². The first-order chi connectivity index (χ1) is 8.13. The third-order valence-electron chi connectivity index (χ3n) is 3.55. The summed E-state index contributed by atoms with van der Waals surface area (Å²) in [5, 5.41) is 7.77. The Morgan fingerprint density at radius 3 is 2.82 bits per heavy atom. The first-order valence-electron chi connectivity index (χ1n) is 6.44. The number of nitrogens with one attached hydrogen (secondary N) is 1. The number of nitrogens with zero attached hydrogens (tertiary/aromatic N) is 2. The molecule has 94 valence electrons. The van der Waals surface area contributed by atoms with Crippen molar-refractivity contribution in [3.63, 3.8) is 0 Å². The molecule has 1 fully saturated rings. The Balaban J connectivity index is 2.15. The molecular formula is C13H21N3O. The highest BCUT2D eigenvalue weighted by Crippen LogP contribution is 2.18. The van der Waals surface area contributed by atoms with E-state index in [9.17, 15) is 4.79 Å². The molecule has 1 unspecified atom stereocenters. The number of hydrogen-bond acceptors (Lipinski definition) is 3. The molecule has 4 nitrogen and oxygen atoms in total. The van der Waals surface area contributed by atoms with Crippen LogP contribution in [0.3, 0.4) is 0 Å². The van der Waals surface area contributed by atoms with Gasteiger partial charge < -0.3 is 5.32 Å². The smallest absolute Gasteiger partial charge is 0.168 e. The van der Waals surface area contributed by atoms with Crippen molar-refractivity contribution in [2.24, 2.45) is 0 Å². The number of rotatable bonds is 4. The van der Waals surface area contributed by atoms with Gasteiger partial charge in [0.1, 0.15) is 0 Å². The van der Waals surface area contributed by atoms with Crippen molar-refractivity contribution in [2.75, 3.05) is 6.54 Å². The van der Waals surface area contributed by atoms with Gasteiger partial charge in [-0.15, -0.1) is 0 Å². The Kier molecular flexibility index (Phi) is 3.62. The van der Waals surface area contributed by atoms with Gasteiger partial charge in [0, 0.05) is 24.7 Å². The number of hydrogen-bond donors (Lipinski definition) is 1. The minimum atomic E-state index is 0.235. The first kappa shape index (κ1) is 12.3. The van der Waals surface area contributed by atoms with E-state index in [1.807, 2.05) is 25.5 Å². The summed E-state index contributed by atoms with van der Waals surface area (Å²) in [6, 6.07) is 0.367. The SMILES string of the molecule is CCn1nc(C)c(C(=O)CC2CCCN2)c1C. The van der Waals surface area contributed by atoms with Gasteiger partial charge in [-0.3, -0.25) is 9.48 Å². The molecule has 2 heterocycles. The van der Waals surface area contributed by atoms with E-state index in [0.29, 0.717) is 12.5 Å². The Hall–Kier alpha value is -1.16. The van der Waals surface area contributed by atoms with E-state index in [4.69, 9.17) is 0 Å². The van der Waals surface area contributed by atoms with Gasteiger partial charge in [0.05, 0.1) is 11.3 Å². The third kappa shape index (κ3) is 2.41. The fourth-order valence-corrected chi connectivity index (χ4v) is 2.67. The summed E-state index contributed by atoms with van der Waals surface area (Å²) < 4.78 is 1.91. The van der Waals surface area contributed by atoms with Crippen molar-refractivity contribution in [2.45, 2.75) is 52.6 Å². The molecule has 0 saturated carbocycles. The number of aryl methyl sites for hydroxylation is 2. The minimum absolute atomic E-state index is 0.235. The summed E-state index contributed by atoms with van der Waals surface area (Å²) in [5.74, 6) is 0.235. The maximum Gasteiger partial charge on any atom is 0.168 e. The predicted octanol–water partition coefficient (Wildman–Crippen LogP) is 1.84. The van der Waals surface area contributed by atoms with Crippen LogP contribution >= 0.6 is 0 Å². The molecule has 0 bridgehead atoms.